The molecule has 2 aromatic carbocycles. The minimum Gasteiger partial charge on any atom is -0.492 e. The second-order valence-electron chi connectivity index (χ2n) is 5.67. The largest absolute Gasteiger partial charge is 0.492 e. The third-order valence-electron chi connectivity index (χ3n) is 3.84. The van der Waals surface area contributed by atoms with E-state index < -0.39 is 11.7 Å². The molecule has 26 heavy (non-hydrogen) atoms. The Balaban J connectivity index is 1.85. The van der Waals surface area contributed by atoms with Crippen LogP contribution in [0.15, 0.2) is 51.7 Å². The van der Waals surface area contributed by atoms with Gasteiger partial charge in [-0.15, -0.1) is 0 Å². The number of nitrogens with one attached hydrogen (secondary N) is 1. The molecule has 7 nitrogen and oxygen atoms in total. The van der Waals surface area contributed by atoms with Crippen LogP contribution in [0, 0.1) is 0 Å². The number of hydrogen-bond donors (Lipinski definition) is 1. The highest BCUT2D eigenvalue weighted by Gasteiger charge is 2.15. The van der Waals surface area contributed by atoms with Gasteiger partial charge >= 0.3 is 5.76 Å². The van der Waals surface area contributed by atoms with Crippen molar-refractivity contribution in [2.75, 3.05) is 11.9 Å². The highest BCUT2D eigenvalue weighted by molar-refractivity contribution is 5.97. The van der Waals surface area contributed by atoms with Crippen LogP contribution in [-0.2, 0) is 11.3 Å². The van der Waals surface area contributed by atoms with Crippen molar-refractivity contribution < 1.29 is 18.7 Å². The van der Waals surface area contributed by atoms with E-state index in [4.69, 9.17) is 9.15 Å². The average molecular weight is 354 g/mol. The van der Waals surface area contributed by atoms with Crippen LogP contribution < -0.4 is 15.8 Å². The molecule has 134 valence electrons. The summed E-state index contributed by atoms with van der Waals surface area (Å²) in [4.78, 5) is 35.9. The van der Waals surface area contributed by atoms with Gasteiger partial charge in [-0.3, -0.25) is 14.2 Å². The maximum atomic E-state index is 12.4. The molecule has 7 heteroatoms. The first-order valence-corrected chi connectivity index (χ1v) is 8.15. The third kappa shape index (κ3) is 3.51. The van der Waals surface area contributed by atoms with Crippen molar-refractivity contribution in [3.8, 4) is 5.75 Å². The van der Waals surface area contributed by atoms with E-state index in [1.165, 1.54) is 17.6 Å². The lowest BCUT2D eigenvalue weighted by Gasteiger charge is -2.11. The summed E-state index contributed by atoms with van der Waals surface area (Å²) in [7, 11) is 0. The van der Waals surface area contributed by atoms with Gasteiger partial charge in [-0.1, -0.05) is 12.1 Å². The molecule has 0 fully saturated rings. The molecule has 0 radical (unpaired) electrons. The number of oxazole rings is 1. The molecule has 1 amide bonds. The fourth-order valence-corrected chi connectivity index (χ4v) is 2.62. The van der Waals surface area contributed by atoms with Crippen LogP contribution in [0.25, 0.3) is 11.1 Å². The highest BCUT2D eigenvalue weighted by atomic mass is 16.5. The van der Waals surface area contributed by atoms with E-state index >= 15 is 0 Å². The Hall–Kier alpha value is -3.35. The number of Topliss-reactive ketones (excluding diaryl/α,β-unsaturated/α-hetero) is 1. The summed E-state index contributed by atoms with van der Waals surface area (Å²) in [6, 6.07) is 11.7. The number of para-hydroxylation sites is 2. The molecular weight excluding hydrogens is 336 g/mol. The standard InChI is InChI=1S/C19H18N2O5/c1-3-25-16-7-5-4-6-14(16)20-18(23)11-21-15-9-8-13(12(2)22)10-17(15)26-19(21)24/h4-10H,3,11H2,1-2H3,(H,20,23). The van der Waals surface area contributed by atoms with Crippen LogP contribution in [0.4, 0.5) is 5.69 Å². The fraction of sp³-hybridized carbons (Fsp3) is 0.211. The summed E-state index contributed by atoms with van der Waals surface area (Å²) in [6.07, 6.45) is 0. The quantitative estimate of drug-likeness (QED) is 0.688. The summed E-state index contributed by atoms with van der Waals surface area (Å²) >= 11 is 0. The van der Waals surface area contributed by atoms with Crippen LogP contribution in [0.5, 0.6) is 5.75 Å². The van der Waals surface area contributed by atoms with E-state index in [1.54, 1.807) is 36.4 Å². The number of carbonyl (C=O) groups excluding carboxylic acids is 2. The van der Waals surface area contributed by atoms with Crippen molar-refractivity contribution in [1.29, 1.82) is 0 Å². The zero-order valence-corrected chi connectivity index (χ0v) is 14.4. The number of hydrogen-bond acceptors (Lipinski definition) is 5. The molecule has 0 saturated carbocycles. The van der Waals surface area contributed by atoms with Gasteiger partial charge in [-0.2, -0.15) is 0 Å². The number of carbonyl (C=O) groups is 2. The number of amides is 1. The first kappa shape index (κ1) is 17.5. The molecular formula is C19H18N2O5. The lowest BCUT2D eigenvalue weighted by Crippen LogP contribution is -2.25. The first-order valence-electron chi connectivity index (χ1n) is 8.15. The van der Waals surface area contributed by atoms with Gasteiger partial charge in [-0.05, 0) is 44.2 Å². The number of nitrogens with zero attached hydrogens (tertiary/aromatic N) is 1. The van der Waals surface area contributed by atoms with E-state index in [2.05, 4.69) is 5.32 Å². The average Bonchev–Trinajstić information content (AvgIpc) is 2.91. The van der Waals surface area contributed by atoms with Gasteiger partial charge in [0, 0.05) is 5.56 Å². The molecule has 0 aliphatic rings. The van der Waals surface area contributed by atoms with Crippen molar-refractivity contribution in [3.63, 3.8) is 0 Å². The van der Waals surface area contributed by atoms with Crippen LogP contribution in [0.2, 0.25) is 0 Å². The van der Waals surface area contributed by atoms with Crippen molar-refractivity contribution in [2.24, 2.45) is 0 Å². The molecule has 0 aliphatic carbocycles. The van der Waals surface area contributed by atoms with Gasteiger partial charge in [0.1, 0.15) is 12.3 Å². The summed E-state index contributed by atoms with van der Waals surface area (Å²) < 4.78 is 11.8. The minimum absolute atomic E-state index is 0.132. The van der Waals surface area contributed by atoms with Gasteiger partial charge in [0.05, 0.1) is 17.8 Å². The Kier molecular flexibility index (Phi) is 4.88. The van der Waals surface area contributed by atoms with Gasteiger partial charge in [0.2, 0.25) is 5.91 Å². The summed E-state index contributed by atoms with van der Waals surface area (Å²) in [5.74, 6) is -0.627. The molecule has 0 aliphatic heterocycles. The highest BCUT2D eigenvalue weighted by Crippen LogP contribution is 2.23. The second kappa shape index (κ2) is 7.26. The predicted octanol–water partition coefficient (Wildman–Crippen LogP) is 2.83. The third-order valence-corrected chi connectivity index (χ3v) is 3.84. The van der Waals surface area contributed by atoms with Gasteiger partial charge in [0.15, 0.2) is 11.4 Å². The van der Waals surface area contributed by atoms with Gasteiger partial charge < -0.3 is 14.5 Å². The van der Waals surface area contributed by atoms with E-state index in [9.17, 15) is 14.4 Å². The number of rotatable bonds is 6. The molecule has 0 atom stereocenters. The maximum absolute atomic E-state index is 12.4. The fourth-order valence-electron chi connectivity index (χ4n) is 2.62. The topological polar surface area (TPSA) is 90.5 Å². The Labute approximate surface area is 149 Å². The normalized spacial score (nSPS) is 10.7. The molecule has 3 rings (SSSR count). The number of benzene rings is 2. The maximum Gasteiger partial charge on any atom is 0.420 e. The summed E-state index contributed by atoms with van der Waals surface area (Å²) in [5.41, 5.74) is 1.69. The second-order valence-corrected chi connectivity index (χ2v) is 5.67. The molecule has 1 N–H and O–H groups in total. The van der Waals surface area contributed by atoms with Crippen molar-refractivity contribution in [1.82, 2.24) is 4.57 Å². The Bertz CT molecular complexity index is 1030. The molecule has 0 spiro atoms. The van der Waals surface area contributed by atoms with Crippen molar-refractivity contribution in [2.45, 2.75) is 20.4 Å². The zero-order valence-electron chi connectivity index (χ0n) is 14.4. The van der Waals surface area contributed by atoms with E-state index in [0.717, 1.165) is 0 Å². The molecule has 0 bridgehead atoms. The Morgan fingerprint density at radius 1 is 1.19 bits per heavy atom. The van der Waals surface area contributed by atoms with Crippen LogP contribution in [0.1, 0.15) is 24.2 Å². The molecule has 1 heterocycles. The zero-order chi connectivity index (χ0) is 18.7. The van der Waals surface area contributed by atoms with Crippen molar-refractivity contribution in [3.05, 3.63) is 58.6 Å². The SMILES string of the molecule is CCOc1ccccc1NC(=O)Cn1c(=O)oc2cc(C(C)=O)ccc21. The predicted molar refractivity (Wildman–Crippen MR) is 96.7 cm³/mol. The van der Waals surface area contributed by atoms with E-state index in [0.29, 0.717) is 29.1 Å². The summed E-state index contributed by atoms with van der Waals surface area (Å²) in [6.45, 7) is 3.54. The van der Waals surface area contributed by atoms with Crippen LogP contribution in [0.3, 0.4) is 0 Å². The molecule has 1 aromatic heterocycles. The number of ether oxygens (including phenoxy) is 1. The monoisotopic (exact) mass is 354 g/mol. The molecule has 3 aromatic rings. The number of aromatic nitrogens is 1. The molecule has 0 unspecified atom stereocenters. The van der Waals surface area contributed by atoms with Gasteiger partial charge in [-0.25, -0.2) is 4.79 Å². The first-order chi connectivity index (χ1) is 12.5. The molecule has 0 saturated heterocycles. The van der Waals surface area contributed by atoms with Crippen molar-refractivity contribution >= 4 is 28.5 Å². The van der Waals surface area contributed by atoms with E-state index in [1.807, 2.05) is 6.92 Å². The minimum atomic E-state index is -0.658. The summed E-state index contributed by atoms with van der Waals surface area (Å²) in [5, 5.41) is 2.74. The Morgan fingerprint density at radius 3 is 2.69 bits per heavy atom. The van der Waals surface area contributed by atoms with Crippen LogP contribution >= 0.6 is 0 Å². The van der Waals surface area contributed by atoms with Gasteiger partial charge in [0.25, 0.3) is 0 Å². The number of anilines is 1. The van der Waals surface area contributed by atoms with E-state index in [-0.39, 0.29) is 17.9 Å². The number of fused-ring (bicyclic) bond motifs is 1. The van der Waals surface area contributed by atoms with Crippen LogP contribution in [-0.4, -0.2) is 22.9 Å². The lowest BCUT2D eigenvalue weighted by atomic mass is 10.1. The lowest BCUT2D eigenvalue weighted by molar-refractivity contribution is -0.116. The Morgan fingerprint density at radius 2 is 1.96 bits per heavy atom. The number of ketones is 1. The smallest absolute Gasteiger partial charge is 0.420 e.